The molecule has 0 saturated carbocycles. The zero-order chi connectivity index (χ0) is 14.5. The van der Waals surface area contributed by atoms with Crippen molar-refractivity contribution in [3.63, 3.8) is 0 Å². The minimum atomic E-state index is 0.544. The lowest BCUT2D eigenvalue weighted by molar-refractivity contribution is 0.101. The van der Waals surface area contributed by atoms with Gasteiger partial charge in [0.25, 0.3) is 0 Å². The second-order valence-electron chi connectivity index (χ2n) is 6.57. The normalized spacial score (nSPS) is 23.8. The zero-order valence-corrected chi connectivity index (χ0v) is 14.1. The number of ether oxygens (including phenoxy) is 1. The van der Waals surface area contributed by atoms with Crippen LogP contribution in [0.4, 0.5) is 0 Å². The molecule has 3 heteroatoms. The smallest absolute Gasteiger partial charge is 0.0576 e. The highest BCUT2D eigenvalue weighted by molar-refractivity contribution is 7.12. The number of hydrogen-bond acceptors (Lipinski definition) is 3. The van der Waals surface area contributed by atoms with E-state index in [2.05, 4.69) is 29.8 Å². The third-order valence-electron chi connectivity index (χ3n) is 5.00. The molecule has 0 amide bonds. The number of aryl methyl sites for hydroxylation is 2. The summed E-state index contributed by atoms with van der Waals surface area (Å²) in [6.45, 7) is 0.984. The van der Waals surface area contributed by atoms with Crippen molar-refractivity contribution < 1.29 is 4.74 Å². The van der Waals surface area contributed by atoms with Gasteiger partial charge < -0.3 is 10.1 Å². The van der Waals surface area contributed by atoms with E-state index in [9.17, 15) is 0 Å². The Bertz CT molecular complexity index is 413. The Morgan fingerprint density at radius 2 is 2.19 bits per heavy atom. The van der Waals surface area contributed by atoms with E-state index >= 15 is 0 Å². The predicted molar refractivity (Wildman–Crippen MR) is 90.2 cm³/mol. The van der Waals surface area contributed by atoms with Crippen molar-refractivity contribution in [2.45, 2.75) is 76.4 Å². The molecule has 1 N–H and O–H groups in total. The van der Waals surface area contributed by atoms with Crippen LogP contribution in [0.25, 0.3) is 0 Å². The van der Waals surface area contributed by atoms with E-state index in [-0.39, 0.29) is 0 Å². The van der Waals surface area contributed by atoms with Gasteiger partial charge in [-0.05, 0) is 76.5 Å². The van der Waals surface area contributed by atoms with Crippen LogP contribution >= 0.6 is 11.3 Å². The maximum atomic E-state index is 5.74. The van der Waals surface area contributed by atoms with Crippen LogP contribution in [0.3, 0.4) is 0 Å². The van der Waals surface area contributed by atoms with Gasteiger partial charge in [0, 0.05) is 22.4 Å². The molecule has 1 fully saturated rings. The van der Waals surface area contributed by atoms with Crippen molar-refractivity contribution in [1.29, 1.82) is 0 Å². The van der Waals surface area contributed by atoms with Gasteiger partial charge in [-0.1, -0.05) is 6.42 Å². The number of thiophene rings is 1. The van der Waals surface area contributed by atoms with Crippen LogP contribution in [-0.4, -0.2) is 19.8 Å². The van der Waals surface area contributed by atoms with E-state index in [4.69, 9.17) is 4.74 Å². The summed E-state index contributed by atoms with van der Waals surface area (Å²) in [6.07, 6.45) is 13.6. The Morgan fingerprint density at radius 1 is 1.29 bits per heavy atom. The second kappa shape index (κ2) is 7.75. The summed E-state index contributed by atoms with van der Waals surface area (Å²) in [5.41, 5.74) is 1.65. The maximum absolute atomic E-state index is 5.74. The summed E-state index contributed by atoms with van der Waals surface area (Å²) in [5, 5.41) is 3.54. The molecule has 1 aliphatic heterocycles. The van der Waals surface area contributed by atoms with Gasteiger partial charge in [-0.25, -0.2) is 0 Å². The molecule has 0 aromatic carbocycles. The molecule has 0 bridgehead atoms. The quantitative estimate of drug-likeness (QED) is 0.774. The Hall–Kier alpha value is -0.380. The van der Waals surface area contributed by atoms with Crippen molar-refractivity contribution in [3.8, 4) is 0 Å². The largest absolute Gasteiger partial charge is 0.378 e. The van der Waals surface area contributed by atoms with E-state index in [1.54, 1.807) is 15.3 Å². The van der Waals surface area contributed by atoms with Crippen LogP contribution in [0, 0.1) is 0 Å². The van der Waals surface area contributed by atoms with Gasteiger partial charge in [0.1, 0.15) is 0 Å². The van der Waals surface area contributed by atoms with Gasteiger partial charge in [0.05, 0.1) is 6.10 Å². The molecule has 2 unspecified atom stereocenters. The molecule has 0 spiro atoms. The topological polar surface area (TPSA) is 21.3 Å². The molecule has 1 saturated heterocycles. The first-order chi connectivity index (χ1) is 10.4. The highest BCUT2D eigenvalue weighted by Gasteiger charge is 2.19. The second-order valence-corrected chi connectivity index (χ2v) is 7.73. The average molecular weight is 308 g/mol. The molecule has 118 valence electrons. The fourth-order valence-corrected chi connectivity index (χ4v) is 5.11. The van der Waals surface area contributed by atoms with E-state index < -0.39 is 0 Å². The Morgan fingerprint density at radius 3 is 3.00 bits per heavy atom. The maximum Gasteiger partial charge on any atom is 0.0576 e. The molecular formula is C18H29NOS. The molecule has 1 aliphatic carbocycles. The number of nitrogens with one attached hydrogen (secondary N) is 1. The van der Waals surface area contributed by atoms with Crippen LogP contribution in [0.5, 0.6) is 0 Å². The predicted octanol–water partition coefficient (Wildman–Crippen LogP) is 4.63. The SMILES string of the molecule is CNC(CCCC1CCCO1)c1cc2c(s1)CCCCC2. The first-order valence-corrected chi connectivity index (χ1v) is 9.59. The molecule has 3 rings (SSSR count). The Kier molecular flexibility index (Phi) is 5.73. The van der Waals surface area contributed by atoms with Crippen LogP contribution in [0.15, 0.2) is 6.07 Å². The summed E-state index contributed by atoms with van der Waals surface area (Å²) >= 11 is 2.07. The number of rotatable bonds is 6. The summed E-state index contributed by atoms with van der Waals surface area (Å²) in [5.74, 6) is 0. The van der Waals surface area contributed by atoms with Crippen LogP contribution in [0.2, 0.25) is 0 Å². The monoisotopic (exact) mass is 307 g/mol. The van der Waals surface area contributed by atoms with Gasteiger partial charge in [0.2, 0.25) is 0 Å². The third-order valence-corrected chi connectivity index (χ3v) is 6.35. The third kappa shape index (κ3) is 4.08. The van der Waals surface area contributed by atoms with Crippen molar-refractivity contribution in [3.05, 3.63) is 21.4 Å². The molecular weight excluding hydrogens is 278 g/mol. The standard InChI is InChI=1S/C18H29NOS/c1-19-16(10-5-8-15-9-6-12-20-15)18-13-14-7-3-2-4-11-17(14)21-18/h13,15-16,19H,2-12H2,1H3. The summed E-state index contributed by atoms with van der Waals surface area (Å²) in [4.78, 5) is 3.23. The van der Waals surface area contributed by atoms with E-state index in [0.717, 1.165) is 6.61 Å². The minimum Gasteiger partial charge on any atom is -0.378 e. The van der Waals surface area contributed by atoms with Gasteiger partial charge in [0.15, 0.2) is 0 Å². The van der Waals surface area contributed by atoms with E-state index in [1.165, 1.54) is 64.2 Å². The van der Waals surface area contributed by atoms with Crippen molar-refractivity contribution in [2.75, 3.05) is 13.7 Å². The molecule has 2 atom stereocenters. The van der Waals surface area contributed by atoms with Crippen molar-refractivity contribution >= 4 is 11.3 Å². The van der Waals surface area contributed by atoms with Crippen molar-refractivity contribution in [1.82, 2.24) is 5.32 Å². The fraction of sp³-hybridized carbons (Fsp3) is 0.778. The van der Waals surface area contributed by atoms with Crippen molar-refractivity contribution in [2.24, 2.45) is 0 Å². The molecule has 2 heterocycles. The lowest BCUT2D eigenvalue weighted by atomic mass is 10.0. The van der Waals surface area contributed by atoms with Crippen LogP contribution in [-0.2, 0) is 17.6 Å². The molecule has 0 radical (unpaired) electrons. The lowest BCUT2D eigenvalue weighted by Gasteiger charge is -2.16. The lowest BCUT2D eigenvalue weighted by Crippen LogP contribution is -2.16. The van der Waals surface area contributed by atoms with E-state index in [1.807, 2.05) is 0 Å². The summed E-state index contributed by atoms with van der Waals surface area (Å²) < 4.78 is 5.74. The Labute approximate surface area is 133 Å². The number of fused-ring (bicyclic) bond motifs is 1. The highest BCUT2D eigenvalue weighted by Crippen LogP contribution is 2.34. The molecule has 21 heavy (non-hydrogen) atoms. The zero-order valence-electron chi connectivity index (χ0n) is 13.3. The van der Waals surface area contributed by atoms with Gasteiger partial charge in [-0.3, -0.25) is 0 Å². The minimum absolute atomic E-state index is 0.544. The first kappa shape index (κ1) is 15.5. The van der Waals surface area contributed by atoms with E-state index in [0.29, 0.717) is 12.1 Å². The number of hydrogen-bond donors (Lipinski definition) is 1. The molecule has 2 nitrogen and oxygen atoms in total. The molecule has 1 aromatic rings. The fourth-order valence-electron chi connectivity index (χ4n) is 3.71. The average Bonchev–Trinajstić information content (AvgIpc) is 3.10. The summed E-state index contributed by atoms with van der Waals surface area (Å²) in [7, 11) is 2.11. The molecule has 2 aliphatic rings. The highest BCUT2D eigenvalue weighted by atomic mass is 32.1. The van der Waals surface area contributed by atoms with Gasteiger partial charge >= 0.3 is 0 Å². The van der Waals surface area contributed by atoms with Crippen LogP contribution < -0.4 is 5.32 Å². The van der Waals surface area contributed by atoms with Gasteiger partial charge in [-0.15, -0.1) is 11.3 Å². The Balaban J connectivity index is 1.55. The molecule has 1 aromatic heterocycles. The summed E-state index contributed by atoms with van der Waals surface area (Å²) in [6, 6.07) is 3.04. The van der Waals surface area contributed by atoms with Crippen LogP contribution in [0.1, 0.15) is 72.7 Å². The van der Waals surface area contributed by atoms with Gasteiger partial charge in [-0.2, -0.15) is 0 Å². The first-order valence-electron chi connectivity index (χ1n) is 8.77.